The maximum Gasteiger partial charge on any atom is 0.236 e. The Hall–Kier alpha value is -2.08. The van der Waals surface area contributed by atoms with Crippen LogP contribution in [0.15, 0.2) is 48.5 Å². The Morgan fingerprint density at radius 1 is 0.958 bits per heavy atom. The molecule has 1 aliphatic rings. The zero-order chi connectivity index (χ0) is 17.3. The highest BCUT2D eigenvalue weighted by atomic mass is 32.2. The predicted octanol–water partition coefficient (Wildman–Crippen LogP) is 3.21. The first kappa shape index (κ1) is 16.8. The van der Waals surface area contributed by atoms with Crippen molar-refractivity contribution in [3.8, 4) is 0 Å². The van der Waals surface area contributed by atoms with Crippen molar-refractivity contribution in [1.29, 1.82) is 0 Å². The van der Waals surface area contributed by atoms with Crippen LogP contribution in [-0.2, 0) is 15.6 Å². The lowest BCUT2D eigenvalue weighted by molar-refractivity contribution is -0.122. The van der Waals surface area contributed by atoms with Gasteiger partial charge in [0.2, 0.25) is 5.91 Å². The van der Waals surface area contributed by atoms with Gasteiger partial charge < -0.3 is 5.73 Å². The van der Waals surface area contributed by atoms with Crippen LogP contribution in [0.4, 0.5) is 8.78 Å². The van der Waals surface area contributed by atoms with Gasteiger partial charge in [-0.1, -0.05) is 24.3 Å². The highest BCUT2D eigenvalue weighted by Crippen LogP contribution is 2.44. The normalized spacial score (nSPS) is 17.3. The summed E-state index contributed by atoms with van der Waals surface area (Å²) >= 11 is 0. The van der Waals surface area contributed by atoms with Crippen molar-refractivity contribution in [2.24, 2.45) is 5.73 Å². The van der Waals surface area contributed by atoms with Crippen LogP contribution in [0, 0.1) is 11.6 Å². The van der Waals surface area contributed by atoms with Gasteiger partial charge in [-0.05, 0) is 54.7 Å². The molecule has 2 aromatic carbocycles. The lowest BCUT2D eigenvalue weighted by Gasteiger charge is -2.40. The number of hydrogen-bond donors (Lipinski definition) is 1. The Morgan fingerprint density at radius 2 is 1.38 bits per heavy atom. The summed E-state index contributed by atoms with van der Waals surface area (Å²) in [6.07, 6.45) is 1.72. The maximum absolute atomic E-state index is 13.3. The topological polar surface area (TPSA) is 60.2 Å². The molecule has 1 amide bonds. The molecule has 1 fully saturated rings. The molecular formula is C18H17F2NO2S. The first-order chi connectivity index (χ1) is 11.4. The molecule has 0 radical (unpaired) electrons. The third-order valence-electron chi connectivity index (χ3n) is 4.55. The van der Waals surface area contributed by atoms with Gasteiger partial charge in [0.05, 0.1) is 5.25 Å². The van der Waals surface area contributed by atoms with E-state index in [-0.39, 0.29) is 0 Å². The molecule has 3 nitrogen and oxygen atoms in total. The van der Waals surface area contributed by atoms with Gasteiger partial charge in [-0.25, -0.2) is 8.78 Å². The van der Waals surface area contributed by atoms with Crippen LogP contribution in [0.25, 0.3) is 0 Å². The predicted molar refractivity (Wildman–Crippen MR) is 88.6 cm³/mol. The number of nitrogens with two attached hydrogens (primary N) is 1. The molecule has 0 saturated heterocycles. The van der Waals surface area contributed by atoms with Gasteiger partial charge in [-0.3, -0.25) is 9.00 Å². The maximum atomic E-state index is 13.3. The van der Waals surface area contributed by atoms with Crippen molar-refractivity contribution in [1.82, 2.24) is 0 Å². The summed E-state index contributed by atoms with van der Waals surface area (Å²) in [5.74, 6) is -1.40. The molecule has 24 heavy (non-hydrogen) atoms. The van der Waals surface area contributed by atoms with Crippen molar-refractivity contribution in [2.45, 2.75) is 29.3 Å². The van der Waals surface area contributed by atoms with E-state index in [9.17, 15) is 17.8 Å². The molecule has 1 saturated carbocycles. The lowest BCUT2D eigenvalue weighted by Crippen LogP contribution is -2.54. The SMILES string of the molecule is NC(=O)C1(S(=O)C(c2ccc(F)cc2)c2ccc(F)cc2)CCC1. The molecule has 0 spiro atoms. The molecule has 0 bridgehead atoms. The second-order valence-electron chi connectivity index (χ2n) is 5.99. The van der Waals surface area contributed by atoms with Gasteiger partial charge in [0.15, 0.2) is 0 Å². The van der Waals surface area contributed by atoms with E-state index in [1.54, 1.807) is 0 Å². The molecule has 1 aliphatic carbocycles. The highest BCUT2D eigenvalue weighted by molar-refractivity contribution is 7.87. The van der Waals surface area contributed by atoms with Crippen LogP contribution in [0.2, 0.25) is 0 Å². The number of rotatable bonds is 5. The standard InChI is InChI=1S/C18H17F2NO2S/c19-14-6-2-12(3-7-14)16(13-4-8-15(20)9-5-13)24(23)18(17(21)22)10-1-11-18/h2-9,16H,1,10-11H2,(H2,21,22). The molecule has 1 atom stereocenters. The van der Waals surface area contributed by atoms with E-state index in [1.165, 1.54) is 48.5 Å². The summed E-state index contributed by atoms with van der Waals surface area (Å²) in [6.45, 7) is 0. The molecule has 2 N–H and O–H groups in total. The fourth-order valence-corrected chi connectivity index (χ4v) is 5.13. The van der Waals surface area contributed by atoms with Crippen LogP contribution in [0.1, 0.15) is 35.6 Å². The third-order valence-corrected chi connectivity index (χ3v) is 6.91. The van der Waals surface area contributed by atoms with Crippen LogP contribution < -0.4 is 5.73 Å². The number of carbonyl (C=O) groups is 1. The number of hydrogen-bond acceptors (Lipinski definition) is 2. The summed E-state index contributed by atoms with van der Waals surface area (Å²) in [6, 6.07) is 11.3. The van der Waals surface area contributed by atoms with Crippen LogP contribution in [-0.4, -0.2) is 14.9 Å². The van der Waals surface area contributed by atoms with E-state index in [0.29, 0.717) is 24.0 Å². The molecule has 0 aliphatic heterocycles. The van der Waals surface area contributed by atoms with E-state index in [0.717, 1.165) is 6.42 Å². The van der Waals surface area contributed by atoms with Crippen molar-refractivity contribution >= 4 is 16.7 Å². The minimum absolute atomic E-state index is 0.407. The van der Waals surface area contributed by atoms with E-state index in [2.05, 4.69) is 0 Å². The van der Waals surface area contributed by atoms with Crippen LogP contribution in [0.3, 0.4) is 0 Å². The zero-order valence-corrected chi connectivity index (χ0v) is 13.7. The van der Waals surface area contributed by atoms with Crippen molar-refractivity contribution in [2.75, 3.05) is 0 Å². The quantitative estimate of drug-likeness (QED) is 0.901. The first-order valence-electron chi connectivity index (χ1n) is 7.65. The number of benzene rings is 2. The van der Waals surface area contributed by atoms with Gasteiger partial charge in [-0.15, -0.1) is 0 Å². The molecule has 2 aromatic rings. The highest BCUT2D eigenvalue weighted by Gasteiger charge is 2.51. The van der Waals surface area contributed by atoms with Gasteiger partial charge >= 0.3 is 0 Å². The second-order valence-corrected chi connectivity index (χ2v) is 7.84. The van der Waals surface area contributed by atoms with E-state index in [1.807, 2.05) is 0 Å². The lowest BCUT2D eigenvalue weighted by atomic mass is 9.84. The molecule has 0 heterocycles. The van der Waals surface area contributed by atoms with Crippen LogP contribution >= 0.6 is 0 Å². The van der Waals surface area contributed by atoms with Gasteiger partial charge in [0, 0.05) is 10.8 Å². The Balaban J connectivity index is 2.08. The Kier molecular flexibility index (Phi) is 4.49. The average Bonchev–Trinajstić information content (AvgIpc) is 2.50. The number of halogens is 2. The van der Waals surface area contributed by atoms with Crippen molar-refractivity contribution in [3.05, 3.63) is 71.3 Å². The second kappa shape index (κ2) is 6.43. The summed E-state index contributed by atoms with van der Waals surface area (Å²) < 4.78 is 38.7. The number of carbonyl (C=O) groups excluding carboxylic acids is 1. The molecule has 0 aromatic heterocycles. The molecule has 1 unspecified atom stereocenters. The van der Waals surface area contributed by atoms with Crippen molar-refractivity contribution in [3.63, 3.8) is 0 Å². The molecular weight excluding hydrogens is 332 g/mol. The van der Waals surface area contributed by atoms with E-state index < -0.39 is 38.3 Å². The number of primary amides is 1. The number of amides is 1. The third kappa shape index (κ3) is 2.86. The summed E-state index contributed by atoms with van der Waals surface area (Å²) in [4.78, 5) is 11.9. The molecule has 3 rings (SSSR count). The minimum atomic E-state index is -1.64. The van der Waals surface area contributed by atoms with Gasteiger partial charge in [-0.2, -0.15) is 0 Å². The summed E-state index contributed by atoms with van der Waals surface area (Å²) in [5.41, 5.74) is 6.73. The monoisotopic (exact) mass is 349 g/mol. The fourth-order valence-electron chi connectivity index (χ4n) is 2.99. The smallest absolute Gasteiger partial charge is 0.236 e. The van der Waals surface area contributed by atoms with Crippen LogP contribution in [0.5, 0.6) is 0 Å². The molecule has 6 heteroatoms. The Labute approximate surface area is 141 Å². The van der Waals surface area contributed by atoms with Crippen molar-refractivity contribution < 1.29 is 17.8 Å². The van der Waals surface area contributed by atoms with Gasteiger partial charge in [0.25, 0.3) is 0 Å². The van der Waals surface area contributed by atoms with E-state index >= 15 is 0 Å². The summed E-state index contributed by atoms with van der Waals surface area (Å²) in [5, 5.41) is -0.668. The minimum Gasteiger partial charge on any atom is -0.368 e. The summed E-state index contributed by atoms with van der Waals surface area (Å²) in [7, 11) is -1.64. The van der Waals surface area contributed by atoms with Gasteiger partial charge in [0.1, 0.15) is 16.4 Å². The molecule has 126 valence electrons. The first-order valence-corrected chi connectivity index (χ1v) is 8.87. The zero-order valence-electron chi connectivity index (χ0n) is 12.9. The fraction of sp³-hybridized carbons (Fsp3) is 0.278. The Morgan fingerprint density at radius 3 is 1.67 bits per heavy atom. The van der Waals surface area contributed by atoms with E-state index in [4.69, 9.17) is 5.73 Å². The Bertz CT molecular complexity index is 725. The average molecular weight is 349 g/mol. The largest absolute Gasteiger partial charge is 0.368 e.